The van der Waals surface area contributed by atoms with Gasteiger partial charge in [0.05, 0.1) is 0 Å². The summed E-state index contributed by atoms with van der Waals surface area (Å²) in [7, 11) is 0. The maximum Gasteiger partial charge on any atom is 0.189 e. The van der Waals surface area contributed by atoms with Crippen molar-refractivity contribution >= 4 is 40.3 Å². The standard InChI is InChI=1S/C16H26N4S2/c1-4-5-6-11-17-15(21)19-20-16(22)18-14-9-7-13(8-10-14)12(2)3/h7-10,12H,4-6,11H2,1-3H3,(H2,17,19,21)(H2,18,20,22). The van der Waals surface area contributed by atoms with Crippen LogP contribution in [0.2, 0.25) is 0 Å². The van der Waals surface area contributed by atoms with Gasteiger partial charge in [-0.05, 0) is 54.5 Å². The van der Waals surface area contributed by atoms with Crippen molar-refractivity contribution in [2.24, 2.45) is 0 Å². The van der Waals surface area contributed by atoms with E-state index >= 15 is 0 Å². The Morgan fingerprint density at radius 1 is 1.00 bits per heavy atom. The fourth-order valence-electron chi connectivity index (χ4n) is 1.85. The number of nitrogens with one attached hydrogen (secondary N) is 4. The van der Waals surface area contributed by atoms with Gasteiger partial charge in [0.2, 0.25) is 0 Å². The van der Waals surface area contributed by atoms with E-state index in [0.29, 0.717) is 16.1 Å². The molecule has 0 aliphatic rings. The van der Waals surface area contributed by atoms with Gasteiger partial charge in [0.15, 0.2) is 10.2 Å². The van der Waals surface area contributed by atoms with E-state index in [-0.39, 0.29) is 0 Å². The summed E-state index contributed by atoms with van der Waals surface area (Å²) < 4.78 is 0. The summed E-state index contributed by atoms with van der Waals surface area (Å²) in [5.74, 6) is 0.525. The van der Waals surface area contributed by atoms with Gasteiger partial charge in [-0.2, -0.15) is 0 Å². The molecule has 0 saturated carbocycles. The Morgan fingerprint density at radius 2 is 1.64 bits per heavy atom. The van der Waals surface area contributed by atoms with E-state index in [2.05, 4.69) is 54.4 Å². The highest BCUT2D eigenvalue weighted by Crippen LogP contribution is 2.16. The number of anilines is 1. The summed E-state index contributed by atoms with van der Waals surface area (Å²) in [5, 5.41) is 7.27. The Labute approximate surface area is 144 Å². The molecule has 6 heteroatoms. The minimum absolute atomic E-state index is 0.481. The number of hydrogen-bond acceptors (Lipinski definition) is 2. The molecule has 0 unspecified atom stereocenters. The van der Waals surface area contributed by atoms with Crippen molar-refractivity contribution in [2.75, 3.05) is 11.9 Å². The largest absolute Gasteiger partial charge is 0.361 e. The van der Waals surface area contributed by atoms with Crippen LogP contribution in [0.4, 0.5) is 5.69 Å². The predicted octanol–water partition coefficient (Wildman–Crippen LogP) is 3.67. The molecule has 0 saturated heterocycles. The molecule has 4 N–H and O–H groups in total. The number of hydrazine groups is 1. The van der Waals surface area contributed by atoms with Crippen LogP contribution in [0.25, 0.3) is 0 Å². The Hall–Kier alpha value is -1.40. The minimum Gasteiger partial charge on any atom is -0.361 e. The third kappa shape index (κ3) is 7.56. The summed E-state index contributed by atoms with van der Waals surface area (Å²) in [6.07, 6.45) is 3.52. The molecule has 0 aromatic heterocycles. The molecule has 0 spiro atoms. The average Bonchev–Trinajstić information content (AvgIpc) is 2.50. The lowest BCUT2D eigenvalue weighted by atomic mass is 10.0. The van der Waals surface area contributed by atoms with Crippen molar-refractivity contribution < 1.29 is 0 Å². The van der Waals surface area contributed by atoms with Gasteiger partial charge in [-0.3, -0.25) is 10.9 Å². The minimum atomic E-state index is 0.481. The van der Waals surface area contributed by atoms with Crippen molar-refractivity contribution in [3.8, 4) is 0 Å². The fourth-order valence-corrected chi connectivity index (χ4v) is 2.17. The summed E-state index contributed by atoms with van der Waals surface area (Å²) in [5.41, 5.74) is 8.01. The van der Waals surface area contributed by atoms with E-state index in [1.165, 1.54) is 18.4 Å². The number of unbranched alkanes of at least 4 members (excludes halogenated alkanes) is 2. The molecule has 1 aromatic carbocycles. The maximum atomic E-state index is 5.22. The first-order chi connectivity index (χ1) is 10.5. The van der Waals surface area contributed by atoms with E-state index < -0.39 is 0 Å². The zero-order chi connectivity index (χ0) is 16.4. The normalized spacial score (nSPS) is 10.2. The van der Waals surface area contributed by atoms with Gasteiger partial charge in [0.1, 0.15) is 0 Å². The Kier molecular flexibility index (Phi) is 8.77. The Balaban J connectivity index is 2.26. The van der Waals surface area contributed by atoms with Crippen LogP contribution in [-0.2, 0) is 0 Å². The Bertz CT molecular complexity index is 472. The topological polar surface area (TPSA) is 48.1 Å². The first kappa shape index (κ1) is 18.6. The lowest BCUT2D eigenvalue weighted by Gasteiger charge is -2.14. The van der Waals surface area contributed by atoms with Gasteiger partial charge < -0.3 is 10.6 Å². The average molecular weight is 339 g/mol. The first-order valence-corrected chi connectivity index (χ1v) is 8.55. The lowest BCUT2D eigenvalue weighted by molar-refractivity contribution is 0.685. The molecular weight excluding hydrogens is 312 g/mol. The SMILES string of the molecule is CCCCCNC(=S)NNC(=S)Nc1ccc(C(C)C)cc1. The van der Waals surface area contributed by atoms with Crippen LogP contribution in [0.1, 0.15) is 51.5 Å². The van der Waals surface area contributed by atoms with Gasteiger partial charge in [-0.25, -0.2) is 0 Å². The summed E-state index contributed by atoms with van der Waals surface area (Å²) in [4.78, 5) is 0. The molecule has 0 radical (unpaired) electrons. The highest BCUT2D eigenvalue weighted by molar-refractivity contribution is 7.80. The molecule has 4 nitrogen and oxygen atoms in total. The summed E-state index contributed by atoms with van der Waals surface area (Å²) in [6.45, 7) is 7.40. The van der Waals surface area contributed by atoms with E-state index in [1.54, 1.807) is 0 Å². The molecule has 22 heavy (non-hydrogen) atoms. The zero-order valence-electron chi connectivity index (χ0n) is 13.5. The molecule has 0 fully saturated rings. The number of benzene rings is 1. The second-order valence-corrected chi connectivity index (χ2v) is 6.26. The lowest BCUT2D eigenvalue weighted by Crippen LogP contribution is -2.48. The van der Waals surface area contributed by atoms with Crippen LogP contribution in [0.5, 0.6) is 0 Å². The van der Waals surface area contributed by atoms with Crippen molar-refractivity contribution in [1.29, 1.82) is 0 Å². The molecule has 0 heterocycles. The third-order valence-electron chi connectivity index (χ3n) is 3.19. The molecule has 0 aliphatic carbocycles. The van der Waals surface area contributed by atoms with Crippen LogP contribution >= 0.6 is 24.4 Å². The highest BCUT2D eigenvalue weighted by Gasteiger charge is 2.01. The zero-order valence-corrected chi connectivity index (χ0v) is 15.2. The van der Waals surface area contributed by atoms with Gasteiger partial charge >= 0.3 is 0 Å². The van der Waals surface area contributed by atoms with Crippen molar-refractivity contribution in [1.82, 2.24) is 16.2 Å². The smallest absolute Gasteiger partial charge is 0.189 e. The van der Waals surface area contributed by atoms with E-state index in [0.717, 1.165) is 18.7 Å². The monoisotopic (exact) mass is 338 g/mol. The van der Waals surface area contributed by atoms with E-state index in [4.69, 9.17) is 24.4 Å². The van der Waals surface area contributed by atoms with Gasteiger partial charge in [0.25, 0.3) is 0 Å². The molecule has 0 atom stereocenters. The molecule has 122 valence electrons. The maximum absolute atomic E-state index is 5.22. The van der Waals surface area contributed by atoms with Gasteiger partial charge in [-0.15, -0.1) is 0 Å². The van der Waals surface area contributed by atoms with Gasteiger partial charge in [-0.1, -0.05) is 45.7 Å². The van der Waals surface area contributed by atoms with Crippen molar-refractivity contribution in [3.05, 3.63) is 29.8 Å². The first-order valence-electron chi connectivity index (χ1n) is 7.73. The quantitative estimate of drug-likeness (QED) is 0.361. The van der Waals surface area contributed by atoms with Crippen LogP contribution in [0.15, 0.2) is 24.3 Å². The second-order valence-electron chi connectivity index (χ2n) is 5.44. The van der Waals surface area contributed by atoms with Gasteiger partial charge in [0, 0.05) is 12.2 Å². The van der Waals surface area contributed by atoms with Crippen molar-refractivity contribution in [2.45, 2.75) is 46.0 Å². The molecule has 1 aromatic rings. The third-order valence-corrected chi connectivity index (χ3v) is 3.64. The van der Waals surface area contributed by atoms with Crippen LogP contribution in [0.3, 0.4) is 0 Å². The predicted molar refractivity (Wildman–Crippen MR) is 103 cm³/mol. The number of rotatable bonds is 6. The van der Waals surface area contributed by atoms with Crippen LogP contribution in [0, 0.1) is 0 Å². The number of thiocarbonyl (C=S) groups is 2. The van der Waals surface area contributed by atoms with Crippen molar-refractivity contribution in [3.63, 3.8) is 0 Å². The molecular formula is C16H26N4S2. The molecule has 1 rings (SSSR count). The fraction of sp³-hybridized carbons (Fsp3) is 0.500. The molecule has 0 amide bonds. The summed E-state index contributed by atoms with van der Waals surface area (Å²) in [6, 6.07) is 8.24. The molecule has 0 bridgehead atoms. The second kappa shape index (κ2) is 10.3. The van der Waals surface area contributed by atoms with Crippen LogP contribution < -0.4 is 21.5 Å². The Morgan fingerprint density at radius 3 is 2.23 bits per heavy atom. The highest BCUT2D eigenvalue weighted by atomic mass is 32.1. The summed E-state index contributed by atoms with van der Waals surface area (Å²) >= 11 is 10.4. The van der Waals surface area contributed by atoms with E-state index in [1.807, 2.05) is 12.1 Å². The van der Waals surface area contributed by atoms with Crippen LogP contribution in [-0.4, -0.2) is 16.8 Å². The molecule has 0 aliphatic heterocycles. The van der Waals surface area contributed by atoms with E-state index in [9.17, 15) is 0 Å². The number of hydrogen-bond donors (Lipinski definition) is 4.